The molecule has 0 radical (unpaired) electrons. The van der Waals surface area contributed by atoms with Gasteiger partial charge in [-0.3, -0.25) is 4.39 Å². The number of benzene rings is 1. The Labute approximate surface area is 133 Å². The zero-order chi connectivity index (χ0) is 17.1. The molecule has 0 saturated carbocycles. The van der Waals surface area contributed by atoms with E-state index in [4.69, 9.17) is 4.52 Å². The molecule has 0 fully saturated rings. The summed E-state index contributed by atoms with van der Waals surface area (Å²) in [5.74, 6) is 0.0245. The summed E-state index contributed by atoms with van der Waals surface area (Å²) in [6.45, 7) is 2.13. The van der Waals surface area contributed by atoms with Crippen molar-refractivity contribution in [1.82, 2.24) is 14.9 Å². The molecule has 7 nitrogen and oxygen atoms in total. The third-order valence-corrected chi connectivity index (χ3v) is 4.70. The first-order chi connectivity index (χ1) is 10.7. The summed E-state index contributed by atoms with van der Waals surface area (Å²) in [6, 6.07) is 6.28. The van der Waals surface area contributed by atoms with Crippen molar-refractivity contribution in [3.8, 4) is 17.1 Å². The third-order valence-electron chi connectivity index (χ3n) is 2.96. The van der Waals surface area contributed by atoms with E-state index in [2.05, 4.69) is 14.9 Å². The van der Waals surface area contributed by atoms with Gasteiger partial charge in [-0.05, 0) is 12.1 Å². The lowest BCUT2D eigenvalue weighted by Crippen LogP contribution is -2.34. The molecule has 0 bridgehead atoms. The zero-order valence-corrected chi connectivity index (χ0v) is 13.6. The zero-order valence-electron chi connectivity index (χ0n) is 12.8. The van der Waals surface area contributed by atoms with Crippen molar-refractivity contribution in [1.29, 1.82) is 0 Å². The predicted octanol–water partition coefficient (Wildman–Crippen LogP) is 1.86. The van der Waals surface area contributed by atoms with Crippen LogP contribution >= 0.6 is 0 Å². The van der Waals surface area contributed by atoms with Crippen LogP contribution in [0.5, 0.6) is 5.75 Å². The molecule has 2 aromatic rings. The number of hydrogen-bond donors (Lipinski definition) is 2. The van der Waals surface area contributed by atoms with Crippen LogP contribution < -0.4 is 4.72 Å². The summed E-state index contributed by atoms with van der Waals surface area (Å²) in [7, 11) is -3.67. The standard InChI is InChI=1S/C14H18FN3O4S/c1-14(2,8-15)9-23(20,21)16-7-12-17-13(18-22-12)10-4-3-5-11(19)6-10/h3-6,16,19H,7-9H2,1-2H3. The van der Waals surface area contributed by atoms with Gasteiger partial charge < -0.3 is 9.63 Å². The SMILES string of the molecule is CC(C)(CF)CS(=O)(=O)NCc1nc(-c2cccc(O)c2)no1. The topological polar surface area (TPSA) is 105 Å². The molecule has 1 aromatic heterocycles. The molecule has 1 heterocycles. The van der Waals surface area contributed by atoms with Crippen molar-refractivity contribution in [3.63, 3.8) is 0 Å². The molecule has 0 aliphatic rings. The molecule has 1 aromatic carbocycles. The lowest BCUT2D eigenvalue weighted by atomic mass is 9.99. The molecule has 2 N–H and O–H groups in total. The maximum absolute atomic E-state index is 12.7. The highest BCUT2D eigenvalue weighted by molar-refractivity contribution is 7.89. The number of alkyl halides is 1. The molecule has 126 valence electrons. The van der Waals surface area contributed by atoms with E-state index in [1.54, 1.807) is 12.1 Å². The van der Waals surface area contributed by atoms with Gasteiger partial charge in [0.15, 0.2) is 0 Å². The van der Waals surface area contributed by atoms with E-state index >= 15 is 0 Å². The normalized spacial score (nSPS) is 12.5. The predicted molar refractivity (Wildman–Crippen MR) is 81.8 cm³/mol. The molecule has 9 heteroatoms. The second kappa shape index (κ2) is 6.63. The van der Waals surface area contributed by atoms with Gasteiger partial charge in [-0.15, -0.1) is 0 Å². The van der Waals surface area contributed by atoms with E-state index in [1.165, 1.54) is 26.0 Å². The lowest BCUT2D eigenvalue weighted by Gasteiger charge is -2.19. The largest absolute Gasteiger partial charge is 0.508 e. The summed E-state index contributed by atoms with van der Waals surface area (Å²) in [6.07, 6.45) is 0. The quantitative estimate of drug-likeness (QED) is 0.795. The monoisotopic (exact) mass is 343 g/mol. The van der Waals surface area contributed by atoms with Crippen LogP contribution in [0.1, 0.15) is 19.7 Å². The first-order valence-corrected chi connectivity index (χ1v) is 8.51. The number of sulfonamides is 1. The van der Waals surface area contributed by atoms with Crippen LogP contribution in [0.25, 0.3) is 11.4 Å². The highest BCUT2D eigenvalue weighted by Crippen LogP contribution is 2.21. The molecule has 2 rings (SSSR count). The molecule has 0 saturated heterocycles. The van der Waals surface area contributed by atoms with E-state index in [1.807, 2.05) is 0 Å². The molecule has 0 atom stereocenters. The minimum atomic E-state index is -3.67. The Hall–Kier alpha value is -2.00. The Morgan fingerprint density at radius 1 is 1.39 bits per heavy atom. The van der Waals surface area contributed by atoms with Crippen LogP contribution in [0.2, 0.25) is 0 Å². The maximum Gasteiger partial charge on any atom is 0.242 e. The van der Waals surface area contributed by atoms with Crippen molar-refractivity contribution in [2.45, 2.75) is 20.4 Å². The van der Waals surface area contributed by atoms with Gasteiger partial charge in [0, 0.05) is 11.0 Å². The maximum atomic E-state index is 12.7. The average molecular weight is 343 g/mol. The molecule has 0 aliphatic heterocycles. The summed E-state index contributed by atoms with van der Waals surface area (Å²) in [5.41, 5.74) is -0.422. The van der Waals surface area contributed by atoms with Crippen LogP contribution in [-0.2, 0) is 16.6 Å². The van der Waals surface area contributed by atoms with Gasteiger partial charge >= 0.3 is 0 Å². The van der Waals surface area contributed by atoms with Crippen LogP contribution in [0.15, 0.2) is 28.8 Å². The Kier molecular flexibility index (Phi) is 5.00. The number of aromatic nitrogens is 2. The van der Waals surface area contributed by atoms with Gasteiger partial charge in [0.2, 0.25) is 21.7 Å². The fourth-order valence-electron chi connectivity index (χ4n) is 1.86. The molecule has 0 amide bonds. The second-order valence-electron chi connectivity index (χ2n) is 5.94. The van der Waals surface area contributed by atoms with Crippen molar-refractivity contribution in [2.75, 3.05) is 12.4 Å². The number of hydrogen-bond acceptors (Lipinski definition) is 6. The van der Waals surface area contributed by atoms with Crippen molar-refractivity contribution in [2.24, 2.45) is 5.41 Å². The minimum absolute atomic E-state index is 0.0583. The van der Waals surface area contributed by atoms with Gasteiger partial charge in [0.25, 0.3) is 0 Å². The summed E-state index contributed by atoms with van der Waals surface area (Å²) in [5, 5.41) is 13.1. The Morgan fingerprint density at radius 3 is 2.78 bits per heavy atom. The number of aromatic hydroxyl groups is 1. The Balaban J connectivity index is 2.03. The highest BCUT2D eigenvalue weighted by Gasteiger charge is 2.26. The number of rotatable bonds is 7. The van der Waals surface area contributed by atoms with Crippen LogP contribution in [0.3, 0.4) is 0 Å². The molecular formula is C14H18FN3O4S. The van der Waals surface area contributed by atoms with Gasteiger partial charge in [0.1, 0.15) is 5.75 Å². The van der Waals surface area contributed by atoms with Crippen molar-refractivity contribution < 1.29 is 22.4 Å². The van der Waals surface area contributed by atoms with Gasteiger partial charge in [-0.1, -0.05) is 31.1 Å². The summed E-state index contributed by atoms with van der Waals surface area (Å²) >= 11 is 0. The smallest absolute Gasteiger partial charge is 0.242 e. The van der Waals surface area contributed by atoms with E-state index < -0.39 is 22.1 Å². The van der Waals surface area contributed by atoms with E-state index in [9.17, 15) is 17.9 Å². The van der Waals surface area contributed by atoms with Gasteiger partial charge in [-0.25, -0.2) is 13.1 Å². The molecular weight excluding hydrogens is 325 g/mol. The number of phenols is 1. The van der Waals surface area contributed by atoms with E-state index in [0.29, 0.717) is 5.56 Å². The number of halogens is 1. The van der Waals surface area contributed by atoms with Gasteiger partial charge in [0.05, 0.1) is 19.0 Å². The molecule has 23 heavy (non-hydrogen) atoms. The molecule has 0 spiro atoms. The highest BCUT2D eigenvalue weighted by atomic mass is 32.2. The van der Waals surface area contributed by atoms with E-state index in [0.717, 1.165) is 0 Å². The van der Waals surface area contributed by atoms with Crippen molar-refractivity contribution in [3.05, 3.63) is 30.2 Å². The first-order valence-electron chi connectivity index (χ1n) is 6.86. The summed E-state index contributed by atoms with van der Waals surface area (Å²) in [4.78, 5) is 4.05. The number of phenolic OH excluding ortho intramolecular Hbond substituents is 1. The van der Waals surface area contributed by atoms with Crippen LogP contribution in [-0.4, -0.2) is 36.1 Å². The molecule has 0 unspecified atom stereocenters. The van der Waals surface area contributed by atoms with E-state index in [-0.39, 0.29) is 29.8 Å². The fourth-order valence-corrected chi connectivity index (χ4v) is 3.42. The summed E-state index contributed by atoms with van der Waals surface area (Å²) < 4.78 is 43.8. The van der Waals surface area contributed by atoms with Crippen molar-refractivity contribution >= 4 is 10.0 Å². The number of nitrogens with zero attached hydrogens (tertiary/aromatic N) is 2. The minimum Gasteiger partial charge on any atom is -0.508 e. The Morgan fingerprint density at radius 2 is 2.13 bits per heavy atom. The third kappa shape index (κ3) is 5.00. The second-order valence-corrected chi connectivity index (χ2v) is 7.75. The van der Waals surface area contributed by atoms with Gasteiger partial charge in [-0.2, -0.15) is 4.98 Å². The lowest BCUT2D eigenvalue weighted by molar-refractivity contribution is 0.286. The first kappa shape index (κ1) is 17.4. The Bertz CT molecular complexity index is 774. The molecule has 0 aliphatic carbocycles. The number of nitrogens with one attached hydrogen (secondary N) is 1. The fraction of sp³-hybridized carbons (Fsp3) is 0.429. The average Bonchev–Trinajstić information content (AvgIpc) is 2.93. The van der Waals surface area contributed by atoms with Crippen LogP contribution in [0, 0.1) is 5.41 Å². The van der Waals surface area contributed by atoms with Crippen LogP contribution in [0.4, 0.5) is 4.39 Å².